The van der Waals surface area contributed by atoms with E-state index in [1.807, 2.05) is 24.3 Å². The van der Waals surface area contributed by atoms with Crippen molar-refractivity contribution in [3.8, 4) is 0 Å². The third kappa shape index (κ3) is 4.44. The van der Waals surface area contributed by atoms with E-state index in [0.717, 1.165) is 16.5 Å². The monoisotopic (exact) mass is 359 g/mol. The molecule has 1 atom stereocenters. The molecule has 2 rings (SSSR count). The minimum atomic E-state index is 0.0601. The number of carbonyl (C=O) groups excluding carboxylic acids is 1. The summed E-state index contributed by atoms with van der Waals surface area (Å²) in [6.07, 6.45) is 1.29. The van der Waals surface area contributed by atoms with Gasteiger partial charge in [0.15, 0.2) is 0 Å². The average Bonchev–Trinajstić information content (AvgIpc) is 2.45. The summed E-state index contributed by atoms with van der Waals surface area (Å²) in [5, 5.41) is 3.16. The van der Waals surface area contributed by atoms with E-state index in [4.69, 9.17) is 0 Å². The van der Waals surface area contributed by atoms with Crippen molar-refractivity contribution in [3.63, 3.8) is 0 Å². The Hall–Kier alpha value is -1.61. The molecule has 116 valence electrons. The Labute approximate surface area is 141 Å². The smallest absolute Gasteiger partial charge is 0.224 e. The van der Waals surface area contributed by atoms with Gasteiger partial charge in [-0.2, -0.15) is 0 Å². The zero-order valence-electron chi connectivity index (χ0n) is 13.3. The number of amides is 1. The first-order chi connectivity index (χ1) is 10.5. The average molecular weight is 360 g/mol. The predicted molar refractivity (Wildman–Crippen MR) is 94.9 cm³/mol. The number of hydrogen-bond donors (Lipinski definition) is 1. The van der Waals surface area contributed by atoms with E-state index in [-0.39, 0.29) is 11.9 Å². The lowest BCUT2D eigenvalue weighted by Crippen LogP contribution is -2.30. The number of rotatable bonds is 5. The van der Waals surface area contributed by atoms with E-state index in [0.29, 0.717) is 6.42 Å². The zero-order valence-corrected chi connectivity index (χ0v) is 14.9. The second kappa shape index (κ2) is 7.59. The Bertz CT molecular complexity index is 666. The predicted octanol–water partition coefficient (Wildman–Crippen LogP) is 4.88. The molecule has 0 fully saturated rings. The first-order valence-electron chi connectivity index (χ1n) is 7.60. The molecule has 0 bridgehead atoms. The van der Waals surface area contributed by atoms with Crippen LogP contribution in [0.2, 0.25) is 0 Å². The van der Waals surface area contributed by atoms with Gasteiger partial charge in [-0.15, -0.1) is 0 Å². The minimum absolute atomic E-state index is 0.0601. The molecule has 22 heavy (non-hydrogen) atoms. The molecule has 0 saturated carbocycles. The second-order valence-corrected chi connectivity index (χ2v) is 6.61. The summed E-state index contributed by atoms with van der Waals surface area (Å²) in [4.78, 5) is 12.3. The SMILES string of the molecule is CCC(NC(=O)Cc1cccc(Br)c1)c1ccc(C)cc1C. The van der Waals surface area contributed by atoms with Crippen LogP contribution in [0.15, 0.2) is 46.9 Å². The lowest BCUT2D eigenvalue weighted by Gasteiger charge is -2.20. The Kier molecular flexibility index (Phi) is 5.78. The van der Waals surface area contributed by atoms with Crippen LogP contribution in [0.4, 0.5) is 0 Å². The van der Waals surface area contributed by atoms with Crippen LogP contribution in [-0.2, 0) is 11.2 Å². The van der Waals surface area contributed by atoms with E-state index in [1.54, 1.807) is 0 Å². The molecule has 2 aromatic carbocycles. The van der Waals surface area contributed by atoms with Gasteiger partial charge >= 0.3 is 0 Å². The molecule has 0 aliphatic heterocycles. The summed E-state index contributed by atoms with van der Waals surface area (Å²) in [6.45, 7) is 6.29. The fourth-order valence-electron chi connectivity index (χ4n) is 2.69. The third-order valence-corrected chi connectivity index (χ3v) is 4.29. The molecule has 1 amide bonds. The van der Waals surface area contributed by atoms with Crippen LogP contribution >= 0.6 is 15.9 Å². The Balaban J connectivity index is 2.08. The summed E-state index contributed by atoms with van der Waals surface area (Å²) in [7, 11) is 0. The van der Waals surface area contributed by atoms with Crippen molar-refractivity contribution >= 4 is 21.8 Å². The van der Waals surface area contributed by atoms with Gasteiger partial charge in [0.05, 0.1) is 12.5 Å². The zero-order chi connectivity index (χ0) is 16.1. The van der Waals surface area contributed by atoms with Gasteiger partial charge in [0.2, 0.25) is 5.91 Å². The molecule has 1 unspecified atom stereocenters. The third-order valence-electron chi connectivity index (χ3n) is 3.80. The maximum atomic E-state index is 12.3. The Morgan fingerprint density at radius 3 is 2.59 bits per heavy atom. The van der Waals surface area contributed by atoms with Crippen molar-refractivity contribution in [1.82, 2.24) is 5.32 Å². The fraction of sp³-hybridized carbons (Fsp3) is 0.316. The van der Waals surface area contributed by atoms with Crippen LogP contribution in [0.3, 0.4) is 0 Å². The molecular weight excluding hydrogens is 338 g/mol. The number of hydrogen-bond acceptors (Lipinski definition) is 1. The first kappa shape index (κ1) is 16.8. The molecule has 0 saturated heterocycles. The van der Waals surface area contributed by atoms with Crippen molar-refractivity contribution < 1.29 is 4.79 Å². The van der Waals surface area contributed by atoms with Crippen molar-refractivity contribution in [2.45, 2.75) is 39.7 Å². The molecule has 0 heterocycles. The number of benzene rings is 2. The molecule has 0 aliphatic rings. The highest BCUT2D eigenvalue weighted by atomic mass is 79.9. The van der Waals surface area contributed by atoms with Gasteiger partial charge in [-0.1, -0.05) is 58.7 Å². The highest BCUT2D eigenvalue weighted by molar-refractivity contribution is 9.10. The number of halogens is 1. The van der Waals surface area contributed by atoms with Crippen molar-refractivity contribution in [2.24, 2.45) is 0 Å². The topological polar surface area (TPSA) is 29.1 Å². The molecule has 2 nitrogen and oxygen atoms in total. The normalized spacial score (nSPS) is 12.0. The Morgan fingerprint density at radius 2 is 1.95 bits per heavy atom. The van der Waals surface area contributed by atoms with Gasteiger partial charge in [-0.25, -0.2) is 0 Å². The van der Waals surface area contributed by atoms with E-state index in [2.05, 4.69) is 60.2 Å². The second-order valence-electron chi connectivity index (χ2n) is 5.70. The van der Waals surface area contributed by atoms with Gasteiger partial charge < -0.3 is 5.32 Å². The number of nitrogens with one attached hydrogen (secondary N) is 1. The van der Waals surface area contributed by atoms with Gasteiger partial charge in [0, 0.05) is 4.47 Å². The standard InChI is InChI=1S/C19H22BrNO/c1-4-18(17-9-8-13(2)10-14(17)3)21-19(22)12-15-6-5-7-16(20)11-15/h5-11,18H,4,12H2,1-3H3,(H,21,22). The summed E-state index contributed by atoms with van der Waals surface area (Å²) < 4.78 is 0.999. The van der Waals surface area contributed by atoms with Crippen LogP contribution in [0.25, 0.3) is 0 Å². The Morgan fingerprint density at radius 1 is 1.18 bits per heavy atom. The van der Waals surface area contributed by atoms with Crippen LogP contribution in [0, 0.1) is 13.8 Å². The van der Waals surface area contributed by atoms with E-state index in [9.17, 15) is 4.79 Å². The summed E-state index contributed by atoms with van der Waals surface area (Å²) in [6, 6.07) is 14.3. The van der Waals surface area contributed by atoms with E-state index < -0.39 is 0 Å². The maximum Gasteiger partial charge on any atom is 0.224 e. The highest BCUT2D eigenvalue weighted by Crippen LogP contribution is 2.22. The number of carbonyl (C=O) groups is 1. The first-order valence-corrected chi connectivity index (χ1v) is 8.40. The molecule has 0 spiro atoms. The van der Waals surface area contributed by atoms with Gasteiger partial charge in [0.1, 0.15) is 0 Å². The molecule has 2 aromatic rings. The van der Waals surface area contributed by atoms with Gasteiger partial charge in [-0.05, 0) is 49.1 Å². The molecule has 0 aromatic heterocycles. The molecule has 0 aliphatic carbocycles. The highest BCUT2D eigenvalue weighted by Gasteiger charge is 2.15. The maximum absolute atomic E-state index is 12.3. The van der Waals surface area contributed by atoms with Crippen molar-refractivity contribution in [1.29, 1.82) is 0 Å². The van der Waals surface area contributed by atoms with E-state index in [1.165, 1.54) is 16.7 Å². The van der Waals surface area contributed by atoms with Crippen LogP contribution in [-0.4, -0.2) is 5.91 Å². The van der Waals surface area contributed by atoms with Gasteiger partial charge in [-0.3, -0.25) is 4.79 Å². The lowest BCUT2D eigenvalue weighted by molar-refractivity contribution is -0.121. The fourth-order valence-corrected chi connectivity index (χ4v) is 3.14. The quantitative estimate of drug-likeness (QED) is 0.809. The summed E-state index contributed by atoms with van der Waals surface area (Å²) in [5.74, 6) is 0.0601. The van der Waals surface area contributed by atoms with Crippen molar-refractivity contribution in [3.05, 3.63) is 69.2 Å². The van der Waals surface area contributed by atoms with Crippen molar-refractivity contribution in [2.75, 3.05) is 0 Å². The molecule has 1 N–H and O–H groups in total. The number of aryl methyl sites for hydroxylation is 2. The largest absolute Gasteiger partial charge is 0.349 e. The van der Waals surface area contributed by atoms with Gasteiger partial charge in [0.25, 0.3) is 0 Å². The molecule has 0 radical (unpaired) electrons. The van der Waals surface area contributed by atoms with Crippen LogP contribution in [0.1, 0.15) is 41.6 Å². The van der Waals surface area contributed by atoms with Crippen LogP contribution in [0.5, 0.6) is 0 Å². The molecular formula is C19H22BrNO. The summed E-state index contributed by atoms with van der Waals surface area (Å²) in [5.41, 5.74) is 4.70. The van der Waals surface area contributed by atoms with Crippen LogP contribution < -0.4 is 5.32 Å². The summed E-state index contributed by atoms with van der Waals surface area (Å²) >= 11 is 3.44. The molecule has 3 heteroatoms. The van der Waals surface area contributed by atoms with E-state index >= 15 is 0 Å². The lowest BCUT2D eigenvalue weighted by atomic mass is 9.97. The minimum Gasteiger partial charge on any atom is -0.349 e.